The number of hydrogen-bond donors (Lipinski definition) is 1. The summed E-state index contributed by atoms with van der Waals surface area (Å²) in [6.45, 7) is 0.222. The standard InChI is InChI=1S/C12H14N2O3S/c15-9-4-6-11-5-3-7-12(13-11)14-8-1-2-10-18(14,16)17/h3,5,7,15H,1-2,8-10H2. The Morgan fingerprint density at radius 1 is 1.39 bits per heavy atom. The minimum absolute atomic E-state index is 0.168. The zero-order valence-electron chi connectivity index (χ0n) is 9.83. The van der Waals surface area contributed by atoms with Gasteiger partial charge in [0.05, 0.1) is 5.75 Å². The lowest BCUT2D eigenvalue weighted by Gasteiger charge is -2.27. The van der Waals surface area contributed by atoms with E-state index in [-0.39, 0.29) is 12.4 Å². The van der Waals surface area contributed by atoms with Gasteiger partial charge in [-0.05, 0) is 30.9 Å². The maximum Gasteiger partial charge on any atom is 0.236 e. The first kappa shape index (κ1) is 12.9. The second kappa shape index (κ2) is 5.38. The highest BCUT2D eigenvalue weighted by Gasteiger charge is 2.26. The second-order valence-electron chi connectivity index (χ2n) is 3.94. The van der Waals surface area contributed by atoms with Crippen LogP contribution in [0.15, 0.2) is 18.2 Å². The predicted octanol–water partition coefficient (Wildman–Crippen LogP) is 0.355. The first-order valence-corrected chi connectivity index (χ1v) is 7.31. The lowest BCUT2D eigenvalue weighted by Crippen LogP contribution is -2.38. The van der Waals surface area contributed by atoms with E-state index in [2.05, 4.69) is 16.8 Å². The molecule has 0 spiro atoms. The summed E-state index contributed by atoms with van der Waals surface area (Å²) in [5.74, 6) is 5.73. The van der Waals surface area contributed by atoms with Gasteiger partial charge < -0.3 is 5.11 Å². The molecule has 1 aromatic heterocycles. The molecule has 0 radical (unpaired) electrons. The molecule has 1 saturated heterocycles. The van der Waals surface area contributed by atoms with E-state index in [9.17, 15) is 8.42 Å². The second-order valence-corrected chi connectivity index (χ2v) is 5.95. The molecule has 1 aliphatic rings. The molecule has 0 atom stereocenters. The third-order valence-corrected chi connectivity index (χ3v) is 4.48. The van der Waals surface area contributed by atoms with Crippen molar-refractivity contribution in [3.63, 3.8) is 0 Å². The molecule has 0 aliphatic carbocycles. The van der Waals surface area contributed by atoms with Gasteiger partial charge in [0.2, 0.25) is 10.0 Å². The fraction of sp³-hybridized carbons (Fsp3) is 0.417. The van der Waals surface area contributed by atoms with Crippen molar-refractivity contribution in [2.24, 2.45) is 0 Å². The van der Waals surface area contributed by atoms with Gasteiger partial charge in [0.1, 0.15) is 18.1 Å². The number of sulfonamides is 1. The van der Waals surface area contributed by atoms with Crippen LogP contribution in [0.3, 0.4) is 0 Å². The molecule has 1 fully saturated rings. The van der Waals surface area contributed by atoms with E-state index in [0.29, 0.717) is 24.5 Å². The smallest absolute Gasteiger partial charge is 0.236 e. The molecular weight excluding hydrogens is 252 g/mol. The topological polar surface area (TPSA) is 70.5 Å². The molecule has 1 N–H and O–H groups in total. The largest absolute Gasteiger partial charge is 0.384 e. The van der Waals surface area contributed by atoms with Crippen LogP contribution >= 0.6 is 0 Å². The van der Waals surface area contributed by atoms with Gasteiger partial charge in [-0.25, -0.2) is 13.4 Å². The summed E-state index contributed by atoms with van der Waals surface area (Å²) in [6.07, 6.45) is 1.54. The normalized spacial score (nSPS) is 17.9. The van der Waals surface area contributed by atoms with Gasteiger partial charge in [-0.15, -0.1) is 0 Å². The highest BCUT2D eigenvalue weighted by Crippen LogP contribution is 2.21. The van der Waals surface area contributed by atoms with Crippen molar-refractivity contribution in [3.05, 3.63) is 23.9 Å². The van der Waals surface area contributed by atoms with E-state index in [1.54, 1.807) is 18.2 Å². The minimum atomic E-state index is -3.24. The average molecular weight is 266 g/mol. The molecule has 2 heterocycles. The average Bonchev–Trinajstić information content (AvgIpc) is 2.36. The van der Waals surface area contributed by atoms with Crippen LogP contribution < -0.4 is 4.31 Å². The minimum Gasteiger partial charge on any atom is -0.384 e. The van der Waals surface area contributed by atoms with Crippen LogP contribution in [0.5, 0.6) is 0 Å². The molecule has 0 amide bonds. The van der Waals surface area contributed by atoms with Crippen molar-refractivity contribution in [1.29, 1.82) is 0 Å². The monoisotopic (exact) mass is 266 g/mol. The van der Waals surface area contributed by atoms with E-state index in [1.807, 2.05) is 0 Å². The van der Waals surface area contributed by atoms with Crippen molar-refractivity contribution in [1.82, 2.24) is 4.98 Å². The Kier molecular flexibility index (Phi) is 3.84. The molecular formula is C12H14N2O3S. The van der Waals surface area contributed by atoms with E-state index in [0.717, 1.165) is 6.42 Å². The Labute approximate surface area is 107 Å². The number of rotatable bonds is 1. The maximum atomic E-state index is 11.9. The van der Waals surface area contributed by atoms with Crippen LogP contribution in [0.4, 0.5) is 5.82 Å². The number of hydrogen-bond acceptors (Lipinski definition) is 4. The number of anilines is 1. The molecule has 2 rings (SSSR count). The van der Waals surface area contributed by atoms with Crippen molar-refractivity contribution in [3.8, 4) is 11.8 Å². The van der Waals surface area contributed by atoms with E-state index < -0.39 is 10.0 Å². The van der Waals surface area contributed by atoms with Crippen molar-refractivity contribution in [2.75, 3.05) is 23.2 Å². The van der Waals surface area contributed by atoms with Gasteiger partial charge in [-0.2, -0.15) is 0 Å². The molecule has 1 aromatic rings. The highest BCUT2D eigenvalue weighted by atomic mass is 32.2. The first-order chi connectivity index (χ1) is 8.63. The molecule has 5 nitrogen and oxygen atoms in total. The van der Waals surface area contributed by atoms with Gasteiger partial charge in [0, 0.05) is 6.54 Å². The third-order valence-electron chi connectivity index (χ3n) is 2.63. The van der Waals surface area contributed by atoms with Gasteiger partial charge in [0.25, 0.3) is 0 Å². The van der Waals surface area contributed by atoms with Crippen molar-refractivity contribution < 1.29 is 13.5 Å². The SMILES string of the molecule is O=S1(=O)CCCCN1c1cccc(C#CCO)n1. The first-order valence-electron chi connectivity index (χ1n) is 5.71. The Balaban J connectivity index is 2.33. The number of aliphatic hydroxyl groups is 1. The zero-order valence-corrected chi connectivity index (χ0v) is 10.7. The van der Waals surface area contributed by atoms with Crippen LogP contribution in [0, 0.1) is 11.8 Å². The van der Waals surface area contributed by atoms with Crippen LogP contribution in [-0.2, 0) is 10.0 Å². The summed E-state index contributed by atoms with van der Waals surface area (Å²) in [5.41, 5.74) is 0.460. The predicted molar refractivity (Wildman–Crippen MR) is 68.6 cm³/mol. The third kappa shape index (κ3) is 2.81. The van der Waals surface area contributed by atoms with Crippen LogP contribution in [0.1, 0.15) is 18.5 Å². The van der Waals surface area contributed by atoms with Crippen LogP contribution in [0.2, 0.25) is 0 Å². The summed E-state index contributed by atoms with van der Waals surface area (Å²) >= 11 is 0. The van der Waals surface area contributed by atoms with E-state index in [4.69, 9.17) is 5.11 Å². The quantitative estimate of drug-likeness (QED) is 0.745. The molecule has 0 aromatic carbocycles. The van der Waals surface area contributed by atoms with Gasteiger partial charge in [0.15, 0.2) is 0 Å². The van der Waals surface area contributed by atoms with Crippen molar-refractivity contribution >= 4 is 15.8 Å². The fourth-order valence-electron chi connectivity index (χ4n) is 1.81. The fourth-order valence-corrected chi connectivity index (χ4v) is 3.39. The van der Waals surface area contributed by atoms with E-state index in [1.165, 1.54) is 4.31 Å². The Bertz CT molecular complexity index is 587. The number of nitrogens with zero attached hydrogens (tertiary/aromatic N) is 2. The highest BCUT2D eigenvalue weighted by molar-refractivity contribution is 7.92. The molecule has 6 heteroatoms. The molecule has 18 heavy (non-hydrogen) atoms. The lowest BCUT2D eigenvalue weighted by atomic mass is 10.3. The Morgan fingerprint density at radius 3 is 2.94 bits per heavy atom. The number of pyridine rings is 1. The summed E-state index contributed by atoms with van der Waals surface area (Å²) < 4.78 is 25.2. The number of aromatic nitrogens is 1. The van der Waals surface area contributed by atoms with Gasteiger partial charge in [-0.3, -0.25) is 4.31 Å². The van der Waals surface area contributed by atoms with Gasteiger partial charge in [-0.1, -0.05) is 12.0 Å². The maximum absolute atomic E-state index is 11.9. The lowest BCUT2D eigenvalue weighted by molar-refractivity contribution is 0.350. The Hall–Kier alpha value is -1.58. The Morgan fingerprint density at radius 2 is 2.22 bits per heavy atom. The van der Waals surface area contributed by atoms with Crippen molar-refractivity contribution in [2.45, 2.75) is 12.8 Å². The summed E-state index contributed by atoms with van der Waals surface area (Å²) in [6, 6.07) is 5.06. The molecule has 0 bridgehead atoms. The summed E-state index contributed by atoms with van der Waals surface area (Å²) in [4.78, 5) is 4.19. The van der Waals surface area contributed by atoms with Crippen LogP contribution in [0.25, 0.3) is 0 Å². The molecule has 1 aliphatic heterocycles. The van der Waals surface area contributed by atoms with E-state index >= 15 is 0 Å². The number of aliphatic hydroxyl groups excluding tert-OH is 1. The molecule has 0 unspecified atom stereocenters. The molecule has 0 saturated carbocycles. The zero-order chi connectivity index (χ0) is 13.0. The molecule has 96 valence electrons. The summed E-state index contributed by atoms with van der Waals surface area (Å²) in [7, 11) is -3.24. The van der Waals surface area contributed by atoms with Gasteiger partial charge >= 0.3 is 0 Å². The summed E-state index contributed by atoms with van der Waals surface area (Å²) in [5, 5.41) is 8.62. The van der Waals surface area contributed by atoms with Crippen LogP contribution in [-0.4, -0.2) is 37.4 Å².